The first kappa shape index (κ1) is 87.7. The predicted molar refractivity (Wildman–Crippen MR) is 392 cm³/mol. The maximum atomic E-state index is 13.1. The van der Waals surface area contributed by atoms with Crippen molar-refractivity contribution in [1.29, 1.82) is 0 Å². The first-order valence-electron chi connectivity index (χ1n) is 39.9. The normalized spacial score (nSPS) is 13.7. The van der Waals surface area contributed by atoms with Gasteiger partial charge in [0.05, 0.1) is 39.9 Å². The van der Waals surface area contributed by atoms with Crippen LogP contribution >= 0.6 is 7.82 Å². The molecule has 3 N–H and O–H groups in total. The number of aliphatic hydroxyl groups excluding tert-OH is 1. The van der Waals surface area contributed by atoms with E-state index in [1.807, 2.05) is 21.1 Å². The molecule has 0 aliphatic rings. The lowest BCUT2D eigenvalue weighted by Gasteiger charge is -2.26. The van der Waals surface area contributed by atoms with Gasteiger partial charge >= 0.3 is 7.82 Å². The van der Waals surface area contributed by atoms with Gasteiger partial charge in [0.25, 0.3) is 0 Å². The number of rotatable bonds is 75. The van der Waals surface area contributed by atoms with Gasteiger partial charge in [-0.2, -0.15) is 0 Å². The number of amides is 1. The maximum absolute atomic E-state index is 13.1. The van der Waals surface area contributed by atoms with E-state index in [-0.39, 0.29) is 19.1 Å². The van der Waals surface area contributed by atoms with Crippen molar-refractivity contribution in [2.45, 2.75) is 431 Å². The van der Waals surface area contributed by atoms with Gasteiger partial charge in [-0.1, -0.05) is 397 Å². The molecule has 9 heteroatoms. The third-order valence-electron chi connectivity index (χ3n) is 18.6. The van der Waals surface area contributed by atoms with Crippen LogP contribution in [-0.2, 0) is 18.4 Å². The number of unbranched alkanes of at least 4 members (excludes halogenated alkanes) is 56. The molecule has 0 aromatic heterocycles. The summed E-state index contributed by atoms with van der Waals surface area (Å²) in [6.07, 6.45) is 95.8. The summed E-state index contributed by atoms with van der Waals surface area (Å²) in [5.41, 5.74) is 0. The van der Waals surface area contributed by atoms with E-state index in [0.717, 1.165) is 51.4 Å². The highest BCUT2D eigenvalue weighted by molar-refractivity contribution is 7.47. The molecule has 0 fully saturated rings. The number of carbonyl (C=O) groups excluding carboxylic acids is 1. The van der Waals surface area contributed by atoms with Crippen LogP contribution in [0.25, 0.3) is 0 Å². The number of nitrogens with zero attached hydrogens (tertiary/aromatic N) is 1. The quantitative estimate of drug-likeness (QED) is 0.0243. The largest absolute Gasteiger partial charge is 0.472 e. The molecule has 3 atom stereocenters. The van der Waals surface area contributed by atoms with Crippen LogP contribution in [0.4, 0.5) is 0 Å². The Morgan fingerprint density at radius 2 is 0.640 bits per heavy atom. The van der Waals surface area contributed by atoms with Crippen LogP contribution in [0.2, 0.25) is 0 Å². The number of aliphatic hydroxyl groups is 1. The van der Waals surface area contributed by atoms with Gasteiger partial charge in [0, 0.05) is 6.42 Å². The van der Waals surface area contributed by atoms with Gasteiger partial charge in [-0.3, -0.25) is 13.8 Å². The monoisotopic (exact) mass is 1270 g/mol. The second-order valence-electron chi connectivity index (χ2n) is 28.8. The first-order chi connectivity index (χ1) is 43.5. The topological polar surface area (TPSA) is 105 Å². The minimum absolute atomic E-state index is 0.0774. The number of phosphoric ester groups is 1. The molecule has 0 radical (unpaired) electrons. The predicted octanol–water partition coefficient (Wildman–Crippen LogP) is 26.0. The highest BCUT2D eigenvalue weighted by Crippen LogP contribution is 2.43. The lowest BCUT2D eigenvalue weighted by Crippen LogP contribution is -2.46. The van der Waals surface area contributed by atoms with Crippen molar-refractivity contribution in [2.24, 2.45) is 0 Å². The van der Waals surface area contributed by atoms with Crippen molar-refractivity contribution in [3.63, 3.8) is 0 Å². The summed E-state index contributed by atoms with van der Waals surface area (Å²) < 4.78 is 24.0. The number of likely N-dealkylation sites (N-methyl/N-ethyl adjacent to an activating group) is 1. The number of carbonyl (C=O) groups is 1. The van der Waals surface area contributed by atoms with Crippen molar-refractivity contribution in [3.05, 3.63) is 36.5 Å². The van der Waals surface area contributed by atoms with Crippen molar-refractivity contribution in [2.75, 3.05) is 40.9 Å². The second kappa shape index (κ2) is 71.0. The standard InChI is InChI=1S/C80H157N2O6P/c1-6-8-10-12-14-16-18-20-22-24-26-28-30-32-34-36-38-39-40-41-42-43-44-46-48-50-52-54-56-58-60-62-64-66-68-70-72-74-80(84)81-78(77-88-89(85,86)87-76-75-82(3,4)5)79(83)73-71-69-67-65-63-61-59-57-55-53-51-49-47-45-37-35-33-31-29-27-25-23-21-19-17-15-13-11-9-7-2/h18,20,24,26,30,32,78-79,83H,6-17,19,21-23,25,27-29,31,33-77H2,1-5H3,(H-,81,84,85,86)/p+1/b20-18-,26-24-,32-30-. The lowest BCUT2D eigenvalue weighted by atomic mass is 10.0. The fourth-order valence-corrected chi connectivity index (χ4v) is 13.2. The Hall–Kier alpha value is -1.28. The Labute approximate surface area is 557 Å². The summed E-state index contributed by atoms with van der Waals surface area (Å²) in [5, 5.41) is 14.2. The number of hydrogen-bond acceptors (Lipinski definition) is 5. The fraction of sp³-hybridized carbons (Fsp3) is 0.912. The van der Waals surface area contributed by atoms with E-state index in [9.17, 15) is 19.4 Å². The van der Waals surface area contributed by atoms with E-state index in [1.165, 1.54) is 340 Å². The summed E-state index contributed by atoms with van der Waals surface area (Å²) in [4.78, 5) is 23.5. The van der Waals surface area contributed by atoms with Gasteiger partial charge in [-0.05, 0) is 51.4 Å². The van der Waals surface area contributed by atoms with Crippen LogP contribution in [0.3, 0.4) is 0 Å². The third kappa shape index (κ3) is 74.0. The Kier molecular flexibility index (Phi) is 70.0. The molecule has 0 heterocycles. The molecule has 89 heavy (non-hydrogen) atoms. The zero-order chi connectivity index (χ0) is 64.8. The van der Waals surface area contributed by atoms with Crippen LogP contribution in [0.15, 0.2) is 36.5 Å². The van der Waals surface area contributed by atoms with Gasteiger partial charge in [-0.25, -0.2) is 4.57 Å². The Morgan fingerprint density at radius 1 is 0.382 bits per heavy atom. The molecule has 528 valence electrons. The molecule has 8 nitrogen and oxygen atoms in total. The van der Waals surface area contributed by atoms with E-state index < -0.39 is 20.0 Å². The average Bonchev–Trinajstić information content (AvgIpc) is 3.57. The van der Waals surface area contributed by atoms with Gasteiger partial charge in [-0.15, -0.1) is 0 Å². The number of hydrogen-bond donors (Lipinski definition) is 3. The minimum atomic E-state index is -4.33. The zero-order valence-electron chi connectivity index (χ0n) is 60.7. The molecule has 0 saturated carbocycles. The van der Waals surface area contributed by atoms with Crippen LogP contribution in [0, 0.1) is 0 Å². The summed E-state index contributed by atoms with van der Waals surface area (Å²) >= 11 is 0. The highest BCUT2D eigenvalue weighted by Gasteiger charge is 2.28. The number of nitrogens with one attached hydrogen (secondary N) is 1. The first-order valence-corrected chi connectivity index (χ1v) is 41.3. The highest BCUT2D eigenvalue weighted by atomic mass is 31.2. The smallest absolute Gasteiger partial charge is 0.391 e. The SMILES string of the molecule is CCCCCCC/C=C\C/C=C\C/C=C\CCCCCCCCCCCCCCCCCCCCCCCCC(=O)NC(COP(=O)(O)OCC[N+](C)(C)C)C(O)CCCCCCCCCCCCCCCCCCCCCCCCCCCCCCCC. The van der Waals surface area contributed by atoms with Gasteiger partial charge < -0.3 is 19.8 Å². The molecule has 0 spiro atoms. The third-order valence-corrected chi connectivity index (χ3v) is 19.6. The van der Waals surface area contributed by atoms with Crippen molar-refractivity contribution in [1.82, 2.24) is 5.32 Å². The molecule has 0 saturated heterocycles. The molecule has 0 rings (SSSR count). The molecule has 0 aliphatic heterocycles. The van der Waals surface area contributed by atoms with Gasteiger partial charge in [0.2, 0.25) is 5.91 Å². The van der Waals surface area contributed by atoms with Crippen LogP contribution in [0.1, 0.15) is 418 Å². The Morgan fingerprint density at radius 3 is 0.933 bits per heavy atom. The fourth-order valence-electron chi connectivity index (χ4n) is 12.5. The van der Waals surface area contributed by atoms with Crippen LogP contribution in [-0.4, -0.2) is 73.4 Å². The molecule has 0 bridgehead atoms. The Bertz CT molecular complexity index is 1550. The summed E-state index contributed by atoms with van der Waals surface area (Å²) in [6.45, 7) is 4.95. The molecular weight excluding hydrogens is 1120 g/mol. The van der Waals surface area contributed by atoms with Crippen molar-refractivity contribution < 1.29 is 32.9 Å². The molecule has 1 amide bonds. The van der Waals surface area contributed by atoms with Crippen molar-refractivity contribution in [3.8, 4) is 0 Å². The number of allylic oxidation sites excluding steroid dienone is 6. The molecule has 3 unspecified atom stereocenters. The van der Waals surface area contributed by atoms with E-state index in [0.29, 0.717) is 23.9 Å². The minimum Gasteiger partial charge on any atom is -0.391 e. The lowest BCUT2D eigenvalue weighted by molar-refractivity contribution is -0.870. The second-order valence-corrected chi connectivity index (χ2v) is 30.3. The molecule has 0 aliphatic carbocycles. The molecular formula is C80H158N2O6P+. The van der Waals surface area contributed by atoms with E-state index in [4.69, 9.17) is 9.05 Å². The number of quaternary nitrogens is 1. The van der Waals surface area contributed by atoms with E-state index in [2.05, 4.69) is 55.6 Å². The maximum Gasteiger partial charge on any atom is 0.472 e. The summed E-state index contributed by atoms with van der Waals surface area (Å²) in [6, 6.07) is -0.761. The van der Waals surface area contributed by atoms with Gasteiger partial charge in [0.15, 0.2) is 0 Å². The van der Waals surface area contributed by atoms with Gasteiger partial charge in [0.1, 0.15) is 13.2 Å². The Balaban J connectivity index is 3.92. The summed E-state index contributed by atoms with van der Waals surface area (Å²) in [7, 11) is 1.64. The summed E-state index contributed by atoms with van der Waals surface area (Å²) in [5.74, 6) is -0.135. The number of phosphoric acid groups is 1. The molecule has 0 aromatic carbocycles. The van der Waals surface area contributed by atoms with Crippen LogP contribution in [0.5, 0.6) is 0 Å². The zero-order valence-corrected chi connectivity index (χ0v) is 61.6. The van der Waals surface area contributed by atoms with E-state index >= 15 is 0 Å². The van der Waals surface area contributed by atoms with Crippen LogP contribution < -0.4 is 5.32 Å². The molecule has 0 aromatic rings. The average molecular weight is 1280 g/mol. The van der Waals surface area contributed by atoms with Crippen molar-refractivity contribution >= 4 is 13.7 Å². The van der Waals surface area contributed by atoms with E-state index in [1.54, 1.807) is 0 Å².